The van der Waals surface area contributed by atoms with Crippen LogP contribution in [0.15, 0.2) is 54.7 Å². The standard InChI is InChI=1S/C22H24FN3/c1-16-3-2-4-19(13-16)21-14-24-25-22(21)18-9-11-26(12-10-18)15-17-5-7-20(23)8-6-17/h2-8,13-14,18H,9-12,15H2,1H3,(H,24,25). The highest BCUT2D eigenvalue weighted by Crippen LogP contribution is 2.34. The Labute approximate surface area is 153 Å². The van der Waals surface area contributed by atoms with Gasteiger partial charge in [0.1, 0.15) is 5.82 Å². The van der Waals surface area contributed by atoms with Crippen molar-refractivity contribution in [2.75, 3.05) is 13.1 Å². The van der Waals surface area contributed by atoms with Crippen LogP contribution in [-0.2, 0) is 6.54 Å². The first-order valence-corrected chi connectivity index (χ1v) is 9.26. The number of benzene rings is 2. The predicted molar refractivity (Wildman–Crippen MR) is 102 cm³/mol. The molecule has 0 bridgehead atoms. The van der Waals surface area contributed by atoms with Gasteiger partial charge in [-0.25, -0.2) is 4.39 Å². The Balaban J connectivity index is 1.42. The van der Waals surface area contributed by atoms with Crippen LogP contribution in [0.1, 0.15) is 35.6 Å². The fraction of sp³-hybridized carbons (Fsp3) is 0.318. The van der Waals surface area contributed by atoms with Gasteiger partial charge in [-0.1, -0.05) is 42.0 Å². The summed E-state index contributed by atoms with van der Waals surface area (Å²) in [4.78, 5) is 2.45. The molecule has 3 nitrogen and oxygen atoms in total. The van der Waals surface area contributed by atoms with E-state index in [4.69, 9.17) is 0 Å². The van der Waals surface area contributed by atoms with Crippen LogP contribution in [0.2, 0.25) is 0 Å². The molecular formula is C22H24FN3. The smallest absolute Gasteiger partial charge is 0.123 e. The molecule has 1 N–H and O–H groups in total. The first-order valence-electron chi connectivity index (χ1n) is 9.26. The van der Waals surface area contributed by atoms with Gasteiger partial charge in [0.05, 0.1) is 6.20 Å². The molecular weight excluding hydrogens is 325 g/mol. The number of piperidine rings is 1. The number of H-pyrrole nitrogens is 1. The molecule has 0 unspecified atom stereocenters. The quantitative estimate of drug-likeness (QED) is 0.726. The zero-order valence-electron chi connectivity index (χ0n) is 15.1. The van der Waals surface area contributed by atoms with Gasteiger partial charge in [-0.3, -0.25) is 10.00 Å². The lowest BCUT2D eigenvalue weighted by Gasteiger charge is -2.32. The monoisotopic (exact) mass is 349 g/mol. The minimum absolute atomic E-state index is 0.171. The maximum atomic E-state index is 13.1. The second kappa shape index (κ2) is 7.42. The van der Waals surface area contributed by atoms with Crippen molar-refractivity contribution in [1.82, 2.24) is 15.1 Å². The summed E-state index contributed by atoms with van der Waals surface area (Å²) in [5.41, 5.74) is 6.17. The van der Waals surface area contributed by atoms with Gasteiger partial charge < -0.3 is 0 Å². The van der Waals surface area contributed by atoms with Crippen LogP contribution in [0.3, 0.4) is 0 Å². The molecule has 0 spiro atoms. The van der Waals surface area contributed by atoms with Gasteiger partial charge in [0.15, 0.2) is 0 Å². The number of hydrogen-bond donors (Lipinski definition) is 1. The van der Waals surface area contributed by atoms with E-state index in [0.717, 1.165) is 32.5 Å². The number of aromatic nitrogens is 2. The zero-order chi connectivity index (χ0) is 17.9. The number of rotatable bonds is 4. The maximum absolute atomic E-state index is 13.1. The average Bonchev–Trinajstić information content (AvgIpc) is 3.14. The average molecular weight is 349 g/mol. The van der Waals surface area contributed by atoms with Crippen LogP contribution in [-0.4, -0.2) is 28.2 Å². The third-order valence-corrected chi connectivity index (χ3v) is 5.31. The Morgan fingerprint density at radius 2 is 1.88 bits per heavy atom. The lowest BCUT2D eigenvalue weighted by Crippen LogP contribution is -2.32. The summed E-state index contributed by atoms with van der Waals surface area (Å²) in [6.45, 7) is 5.11. The second-order valence-electron chi connectivity index (χ2n) is 7.24. The summed E-state index contributed by atoms with van der Waals surface area (Å²) in [5, 5.41) is 7.58. The van der Waals surface area contributed by atoms with Crippen molar-refractivity contribution in [3.63, 3.8) is 0 Å². The van der Waals surface area contributed by atoms with Crippen LogP contribution >= 0.6 is 0 Å². The molecule has 4 heteroatoms. The highest BCUT2D eigenvalue weighted by atomic mass is 19.1. The molecule has 1 aliphatic rings. The van der Waals surface area contributed by atoms with Gasteiger partial charge >= 0.3 is 0 Å². The molecule has 0 atom stereocenters. The fourth-order valence-corrected chi connectivity index (χ4v) is 3.88. The number of aryl methyl sites for hydroxylation is 1. The van der Waals surface area contributed by atoms with Gasteiger partial charge in [0.2, 0.25) is 0 Å². The molecule has 26 heavy (non-hydrogen) atoms. The lowest BCUT2D eigenvalue weighted by atomic mass is 9.89. The van der Waals surface area contributed by atoms with Crippen molar-refractivity contribution in [1.29, 1.82) is 0 Å². The number of aromatic amines is 1. The Morgan fingerprint density at radius 1 is 1.12 bits per heavy atom. The molecule has 2 heterocycles. The van der Waals surface area contributed by atoms with E-state index in [0.29, 0.717) is 5.92 Å². The third-order valence-electron chi connectivity index (χ3n) is 5.31. The highest BCUT2D eigenvalue weighted by molar-refractivity contribution is 5.66. The van der Waals surface area contributed by atoms with Crippen molar-refractivity contribution in [2.24, 2.45) is 0 Å². The van der Waals surface area contributed by atoms with Crippen molar-refractivity contribution >= 4 is 0 Å². The third kappa shape index (κ3) is 3.70. The van der Waals surface area contributed by atoms with E-state index in [1.165, 1.54) is 27.9 Å². The van der Waals surface area contributed by atoms with Crippen LogP contribution in [0.5, 0.6) is 0 Å². The molecule has 0 saturated carbocycles. The van der Waals surface area contributed by atoms with Gasteiger partial charge in [-0.2, -0.15) is 5.10 Å². The Morgan fingerprint density at radius 3 is 2.62 bits per heavy atom. The second-order valence-corrected chi connectivity index (χ2v) is 7.24. The number of nitrogens with zero attached hydrogens (tertiary/aromatic N) is 2. The first kappa shape index (κ1) is 17.0. The minimum atomic E-state index is -0.171. The van der Waals surface area contributed by atoms with Crippen molar-refractivity contribution in [3.05, 3.63) is 77.4 Å². The van der Waals surface area contributed by atoms with E-state index < -0.39 is 0 Å². The molecule has 134 valence electrons. The van der Waals surface area contributed by atoms with Gasteiger partial charge in [0.25, 0.3) is 0 Å². The van der Waals surface area contributed by atoms with E-state index in [2.05, 4.69) is 46.3 Å². The van der Waals surface area contributed by atoms with Gasteiger partial charge in [-0.05, 0) is 56.1 Å². The van der Waals surface area contributed by atoms with Crippen molar-refractivity contribution < 1.29 is 4.39 Å². The molecule has 2 aromatic carbocycles. The summed E-state index contributed by atoms with van der Waals surface area (Å²) >= 11 is 0. The van der Waals surface area contributed by atoms with Gasteiger partial charge in [0, 0.05) is 23.7 Å². The van der Waals surface area contributed by atoms with E-state index in [1.807, 2.05) is 18.3 Å². The fourth-order valence-electron chi connectivity index (χ4n) is 3.88. The molecule has 0 radical (unpaired) electrons. The van der Waals surface area contributed by atoms with E-state index in [-0.39, 0.29) is 5.82 Å². The van der Waals surface area contributed by atoms with E-state index in [9.17, 15) is 4.39 Å². The summed E-state index contributed by atoms with van der Waals surface area (Å²) in [6.07, 6.45) is 4.18. The van der Waals surface area contributed by atoms with Crippen LogP contribution in [0, 0.1) is 12.7 Å². The number of halogens is 1. The predicted octanol–water partition coefficient (Wildman–Crippen LogP) is 4.90. The van der Waals surface area contributed by atoms with Crippen molar-refractivity contribution in [3.8, 4) is 11.1 Å². The largest absolute Gasteiger partial charge is 0.299 e. The zero-order valence-corrected chi connectivity index (χ0v) is 15.1. The SMILES string of the molecule is Cc1cccc(-c2cn[nH]c2C2CCN(Cc3ccc(F)cc3)CC2)c1. The number of likely N-dealkylation sites (tertiary alicyclic amines) is 1. The molecule has 1 fully saturated rings. The molecule has 0 amide bonds. The maximum Gasteiger partial charge on any atom is 0.123 e. The summed E-state index contributed by atoms with van der Waals surface area (Å²) in [5.74, 6) is 0.341. The van der Waals surface area contributed by atoms with Crippen LogP contribution in [0.4, 0.5) is 4.39 Å². The molecule has 4 rings (SSSR count). The Kier molecular flexibility index (Phi) is 4.85. The van der Waals surface area contributed by atoms with E-state index in [1.54, 1.807) is 12.1 Å². The summed E-state index contributed by atoms with van der Waals surface area (Å²) in [6, 6.07) is 15.5. The minimum Gasteiger partial charge on any atom is -0.299 e. The molecule has 1 aliphatic heterocycles. The number of hydrogen-bond acceptors (Lipinski definition) is 2. The van der Waals surface area contributed by atoms with E-state index >= 15 is 0 Å². The molecule has 3 aromatic rings. The topological polar surface area (TPSA) is 31.9 Å². The highest BCUT2D eigenvalue weighted by Gasteiger charge is 2.24. The van der Waals surface area contributed by atoms with Crippen LogP contribution < -0.4 is 0 Å². The first-order chi connectivity index (χ1) is 12.7. The van der Waals surface area contributed by atoms with Crippen LogP contribution in [0.25, 0.3) is 11.1 Å². The molecule has 1 saturated heterocycles. The lowest BCUT2D eigenvalue weighted by molar-refractivity contribution is 0.203. The van der Waals surface area contributed by atoms with Gasteiger partial charge in [-0.15, -0.1) is 0 Å². The Bertz CT molecular complexity index is 861. The molecule has 0 aliphatic carbocycles. The Hall–Kier alpha value is -2.46. The summed E-state index contributed by atoms with van der Waals surface area (Å²) in [7, 11) is 0. The normalized spacial score (nSPS) is 16.1. The molecule has 1 aromatic heterocycles. The number of nitrogens with one attached hydrogen (secondary N) is 1. The van der Waals surface area contributed by atoms with Crippen molar-refractivity contribution in [2.45, 2.75) is 32.2 Å². The summed E-state index contributed by atoms with van der Waals surface area (Å²) < 4.78 is 13.1.